The van der Waals surface area contributed by atoms with E-state index in [-0.39, 0.29) is 11.8 Å². The van der Waals surface area contributed by atoms with E-state index in [0.717, 1.165) is 9.35 Å². The lowest BCUT2D eigenvalue weighted by molar-refractivity contribution is -0.143. The molecule has 1 aliphatic rings. The number of carbonyl (C=O) groups is 1. The Bertz CT molecular complexity index is 499. The smallest absolute Gasteiger partial charge is 0.351 e. The molecule has 1 saturated heterocycles. The molecular weight excluding hydrogens is 369 g/mol. The molecule has 118 valence electrons. The number of thiophene rings is 1. The van der Waals surface area contributed by atoms with E-state index in [2.05, 4.69) is 21.2 Å². The number of hydrogen-bond acceptors (Lipinski definition) is 3. The average Bonchev–Trinajstić information content (AvgIpc) is 2.92. The van der Waals surface area contributed by atoms with Crippen LogP contribution < -0.4 is 5.32 Å². The molecule has 0 bridgehead atoms. The van der Waals surface area contributed by atoms with Gasteiger partial charge in [0, 0.05) is 13.1 Å². The molecule has 0 radical (unpaired) electrons. The zero-order chi connectivity index (χ0) is 15.6. The molecule has 21 heavy (non-hydrogen) atoms. The zero-order valence-electron chi connectivity index (χ0n) is 11.5. The summed E-state index contributed by atoms with van der Waals surface area (Å²) in [4.78, 5) is 14.0. The summed E-state index contributed by atoms with van der Waals surface area (Å²) in [5, 5.41) is 2.81. The van der Waals surface area contributed by atoms with Crippen LogP contribution >= 0.6 is 27.3 Å². The summed E-state index contributed by atoms with van der Waals surface area (Å²) < 4.78 is 37.8. The number of likely N-dealkylation sites (tertiary alicyclic amines) is 1. The Kier molecular flexibility index (Phi) is 5.32. The molecule has 0 aliphatic carbocycles. The minimum absolute atomic E-state index is 0.0841. The Hall–Kier alpha value is -0.600. The second-order valence-electron chi connectivity index (χ2n) is 5.28. The largest absolute Gasteiger partial charge is 0.401 e. The van der Waals surface area contributed by atoms with Crippen molar-refractivity contribution in [3.8, 4) is 0 Å². The van der Waals surface area contributed by atoms with Crippen LogP contribution in [0.15, 0.2) is 9.85 Å². The summed E-state index contributed by atoms with van der Waals surface area (Å²) in [6, 6.07) is 1.80. The Balaban J connectivity index is 1.78. The highest BCUT2D eigenvalue weighted by molar-refractivity contribution is 9.11. The van der Waals surface area contributed by atoms with E-state index >= 15 is 0 Å². The molecule has 1 N–H and O–H groups in total. The first-order valence-electron chi connectivity index (χ1n) is 6.58. The van der Waals surface area contributed by atoms with E-state index < -0.39 is 12.7 Å². The molecule has 0 saturated carbocycles. The van der Waals surface area contributed by atoms with Crippen molar-refractivity contribution >= 4 is 33.2 Å². The lowest BCUT2D eigenvalue weighted by Crippen LogP contribution is -2.34. The minimum atomic E-state index is -4.15. The third kappa shape index (κ3) is 4.96. The third-order valence-corrected chi connectivity index (χ3v) is 5.54. The highest BCUT2D eigenvalue weighted by Crippen LogP contribution is 2.27. The molecule has 0 aromatic carbocycles. The second-order valence-corrected chi connectivity index (χ2v) is 7.65. The third-order valence-electron chi connectivity index (χ3n) is 3.41. The quantitative estimate of drug-likeness (QED) is 0.862. The van der Waals surface area contributed by atoms with Gasteiger partial charge < -0.3 is 5.32 Å². The molecule has 8 heteroatoms. The van der Waals surface area contributed by atoms with Gasteiger partial charge in [-0.3, -0.25) is 9.69 Å². The van der Waals surface area contributed by atoms with Gasteiger partial charge >= 0.3 is 6.18 Å². The first kappa shape index (κ1) is 16.8. The number of nitrogens with one attached hydrogen (secondary N) is 1. The summed E-state index contributed by atoms with van der Waals surface area (Å²) in [7, 11) is 0. The van der Waals surface area contributed by atoms with Gasteiger partial charge in [0.05, 0.1) is 15.2 Å². The summed E-state index contributed by atoms with van der Waals surface area (Å²) in [6.45, 7) is 2.27. The van der Waals surface area contributed by atoms with Crippen molar-refractivity contribution in [3.63, 3.8) is 0 Å². The average molecular weight is 385 g/mol. The number of carbonyl (C=O) groups excluding carboxylic acids is 1. The maximum absolute atomic E-state index is 12.3. The van der Waals surface area contributed by atoms with Crippen molar-refractivity contribution < 1.29 is 18.0 Å². The maximum Gasteiger partial charge on any atom is 0.401 e. The Morgan fingerprint density at radius 2 is 2.29 bits per heavy atom. The summed E-state index contributed by atoms with van der Waals surface area (Å²) >= 11 is 4.72. The number of halogens is 4. The summed E-state index contributed by atoms with van der Waals surface area (Å²) in [6.07, 6.45) is -3.47. The predicted octanol–water partition coefficient (Wildman–Crippen LogP) is 3.43. The molecule has 1 aliphatic heterocycles. The van der Waals surface area contributed by atoms with Gasteiger partial charge in [0.1, 0.15) is 0 Å². The van der Waals surface area contributed by atoms with E-state index in [1.165, 1.54) is 16.2 Å². The number of amides is 1. The van der Waals surface area contributed by atoms with Crippen molar-refractivity contribution in [2.24, 2.45) is 5.92 Å². The maximum atomic E-state index is 12.3. The Morgan fingerprint density at radius 3 is 2.86 bits per heavy atom. The number of hydrogen-bond donors (Lipinski definition) is 1. The molecule has 0 spiro atoms. The zero-order valence-corrected chi connectivity index (χ0v) is 13.9. The summed E-state index contributed by atoms with van der Waals surface area (Å²) in [5.41, 5.74) is 1.00. The second kappa shape index (κ2) is 6.66. The fourth-order valence-electron chi connectivity index (χ4n) is 2.37. The number of nitrogens with zero attached hydrogens (tertiary/aromatic N) is 1. The molecule has 1 amide bonds. The molecular formula is C13H16BrF3N2OS. The lowest BCUT2D eigenvalue weighted by Gasteiger charge is -2.17. The van der Waals surface area contributed by atoms with E-state index in [9.17, 15) is 18.0 Å². The van der Waals surface area contributed by atoms with Gasteiger partial charge in [0.25, 0.3) is 5.91 Å². The topological polar surface area (TPSA) is 32.3 Å². The first-order chi connectivity index (χ1) is 9.74. The molecule has 1 aromatic heterocycles. The van der Waals surface area contributed by atoms with Gasteiger partial charge in [-0.05, 0) is 53.4 Å². The van der Waals surface area contributed by atoms with Crippen molar-refractivity contribution in [2.75, 3.05) is 26.2 Å². The van der Waals surface area contributed by atoms with Gasteiger partial charge in [0.2, 0.25) is 0 Å². The van der Waals surface area contributed by atoms with Crippen LogP contribution in [0.5, 0.6) is 0 Å². The molecule has 3 nitrogen and oxygen atoms in total. The summed E-state index contributed by atoms with van der Waals surface area (Å²) in [5.74, 6) is -0.0797. The Labute approximate surface area is 133 Å². The molecule has 2 rings (SSSR count). The number of alkyl halides is 3. The van der Waals surface area contributed by atoms with Gasteiger partial charge in [-0.25, -0.2) is 0 Å². The first-order valence-corrected chi connectivity index (χ1v) is 8.19. The van der Waals surface area contributed by atoms with E-state index in [0.29, 0.717) is 30.9 Å². The minimum Gasteiger partial charge on any atom is -0.351 e. The van der Waals surface area contributed by atoms with Crippen molar-refractivity contribution in [1.82, 2.24) is 10.2 Å². The highest BCUT2D eigenvalue weighted by Gasteiger charge is 2.34. The lowest BCUT2D eigenvalue weighted by atomic mass is 10.1. The van der Waals surface area contributed by atoms with E-state index in [1.54, 1.807) is 6.07 Å². The van der Waals surface area contributed by atoms with Crippen molar-refractivity contribution in [3.05, 3.63) is 20.3 Å². The van der Waals surface area contributed by atoms with Gasteiger partial charge in [-0.15, -0.1) is 11.3 Å². The van der Waals surface area contributed by atoms with Crippen LogP contribution in [0.25, 0.3) is 0 Å². The normalized spacial score (nSPS) is 20.0. The van der Waals surface area contributed by atoms with Crippen LogP contribution in [0, 0.1) is 12.8 Å². The fourth-order valence-corrected chi connectivity index (χ4v) is 3.82. The van der Waals surface area contributed by atoms with E-state index in [1.807, 2.05) is 6.92 Å². The van der Waals surface area contributed by atoms with Crippen LogP contribution in [-0.2, 0) is 0 Å². The Morgan fingerprint density at radius 1 is 1.57 bits per heavy atom. The standard InChI is InChI=1S/C13H16BrF3N2OS/c1-8-4-10(21-11(8)14)12(20)18-5-9-2-3-19(6-9)7-13(15,16)17/h4,9H,2-3,5-7H2,1H3,(H,18,20). The number of rotatable bonds is 4. The number of aryl methyl sites for hydroxylation is 1. The van der Waals surface area contributed by atoms with Crippen LogP contribution in [0.4, 0.5) is 13.2 Å². The van der Waals surface area contributed by atoms with Gasteiger partial charge in [-0.1, -0.05) is 0 Å². The highest BCUT2D eigenvalue weighted by atomic mass is 79.9. The molecule has 1 fully saturated rings. The van der Waals surface area contributed by atoms with Crippen LogP contribution in [0.3, 0.4) is 0 Å². The van der Waals surface area contributed by atoms with Crippen molar-refractivity contribution in [2.45, 2.75) is 19.5 Å². The molecule has 1 unspecified atom stereocenters. The van der Waals surface area contributed by atoms with E-state index in [4.69, 9.17) is 0 Å². The van der Waals surface area contributed by atoms with Gasteiger partial charge in [0.15, 0.2) is 0 Å². The van der Waals surface area contributed by atoms with Crippen LogP contribution in [0.1, 0.15) is 21.7 Å². The van der Waals surface area contributed by atoms with Crippen LogP contribution in [-0.4, -0.2) is 43.2 Å². The molecule has 1 atom stereocenters. The predicted molar refractivity (Wildman–Crippen MR) is 79.7 cm³/mol. The van der Waals surface area contributed by atoms with Crippen LogP contribution in [0.2, 0.25) is 0 Å². The molecule has 1 aromatic rings. The monoisotopic (exact) mass is 384 g/mol. The van der Waals surface area contributed by atoms with Gasteiger partial charge in [-0.2, -0.15) is 13.2 Å². The SMILES string of the molecule is Cc1cc(C(=O)NCC2CCN(CC(F)(F)F)C2)sc1Br. The fraction of sp³-hybridized carbons (Fsp3) is 0.615. The van der Waals surface area contributed by atoms with Crippen molar-refractivity contribution in [1.29, 1.82) is 0 Å². The molecule has 2 heterocycles.